The summed E-state index contributed by atoms with van der Waals surface area (Å²) in [6, 6.07) is 72.8. The van der Waals surface area contributed by atoms with Gasteiger partial charge in [-0.3, -0.25) is 0 Å². The van der Waals surface area contributed by atoms with Crippen LogP contribution in [0, 0.1) is 0 Å². The first kappa shape index (κ1) is 34.5. The van der Waals surface area contributed by atoms with E-state index in [1.165, 1.54) is 26.9 Å². The zero-order valence-electron chi connectivity index (χ0n) is 33.3. The maximum Gasteiger partial charge on any atom is 0.164 e. The molecule has 62 heavy (non-hydrogen) atoms. The number of benzene rings is 10. The summed E-state index contributed by atoms with van der Waals surface area (Å²) in [7, 11) is 0. The van der Waals surface area contributed by atoms with Crippen LogP contribution in [0.25, 0.3) is 127 Å². The molecule has 5 heteroatoms. The van der Waals surface area contributed by atoms with Gasteiger partial charge in [-0.05, 0) is 80.5 Å². The highest BCUT2D eigenvalue weighted by molar-refractivity contribution is 6.22. The van der Waals surface area contributed by atoms with Crippen molar-refractivity contribution in [3.8, 4) is 51.0 Å². The van der Waals surface area contributed by atoms with Gasteiger partial charge in [0.05, 0.1) is 16.7 Å². The first-order valence-corrected chi connectivity index (χ1v) is 20.9. The summed E-state index contributed by atoms with van der Waals surface area (Å²) in [5.74, 6) is 1.83. The molecule has 0 aliphatic rings. The lowest BCUT2D eigenvalue weighted by molar-refractivity contribution is 0.669. The SMILES string of the molecule is c1ccc(-c2cccc(-c3nc(-c4ccc5ccccc5c4)nc(-c4ccc5c(c4)c(-n4c6ccccc6c6cc7ccccc7cc64)cc4oc6ccccc6c45)n3)c2)cc1. The van der Waals surface area contributed by atoms with Crippen LogP contribution in [0.3, 0.4) is 0 Å². The number of rotatable bonds is 5. The molecule has 0 fully saturated rings. The van der Waals surface area contributed by atoms with Crippen LogP contribution in [0.1, 0.15) is 0 Å². The van der Waals surface area contributed by atoms with Gasteiger partial charge in [0.2, 0.25) is 0 Å². The van der Waals surface area contributed by atoms with Gasteiger partial charge in [0.1, 0.15) is 11.2 Å². The molecule has 5 nitrogen and oxygen atoms in total. The van der Waals surface area contributed by atoms with Crippen molar-refractivity contribution >= 4 is 76.1 Å². The molecule has 13 rings (SSSR count). The minimum absolute atomic E-state index is 0.599. The lowest BCUT2D eigenvalue weighted by Gasteiger charge is -2.15. The van der Waals surface area contributed by atoms with Crippen molar-refractivity contribution in [2.75, 3.05) is 0 Å². The van der Waals surface area contributed by atoms with E-state index in [-0.39, 0.29) is 0 Å². The third kappa shape index (κ3) is 5.45. The van der Waals surface area contributed by atoms with Crippen LogP contribution in [0.4, 0.5) is 0 Å². The fourth-order valence-electron chi connectivity index (χ4n) is 9.42. The number of hydrogen-bond donors (Lipinski definition) is 0. The molecule has 0 aliphatic carbocycles. The number of aromatic nitrogens is 4. The summed E-state index contributed by atoms with van der Waals surface area (Å²) in [5.41, 5.74) is 9.95. The largest absolute Gasteiger partial charge is 0.456 e. The Morgan fingerprint density at radius 2 is 0.903 bits per heavy atom. The van der Waals surface area contributed by atoms with E-state index in [1.54, 1.807) is 0 Å². The topological polar surface area (TPSA) is 56.7 Å². The zero-order chi connectivity index (χ0) is 40.7. The lowest BCUT2D eigenvalue weighted by Crippen LogP contribution is -2.01. The number of furan rings is 1. The molecule has 288 valence electrons. The molecule has 3 heterocycles. The quantitative estimate of drug-likeness (QED) is 0.174. The second kappa shape index (κ2) is 13.6. The fraction of sp³-hybridized carbons (Fsp3) is 0. The van der Waals surface area contributed by atoms with Gasteiger partial charge in [-0.15, -0.1) is 0 Å². The van der Waals surface area contributed by atoms with Crippen LogP contribution in [-0.4, -0.2) is 19.5 Å². The van der Waals surface area contributed by atoms with Crippen molar-refractivity contribution in [3.63, 3.8) is 0 Å². The van der Waals surface area contributed by atoms with Gasteiger partial charge in [0, 0.05) is 49.7 Å². The van der Waals surface area contributed by atoms with Crippen molar-refractivity contribution in [2.24, 2.45) is 0 Å². The van der Waals surface area contributed by atoms with E-state index < -0.39 is 0 Å². The minimum atomic E-state index is 0.599. The second-order valence-corrected chi connectivity index (χ2v) is 16.0. The van der Waals surface area contributed by atoms with Crippen LogP contribution in [-0.2, 0) is 0 Å². The first-order valence-electron chi connectivity index (χ1n) is 20.9. The van der Waals surface area contributed by atoms with Crippen LogP contribution in [0.2, 0.25) is 0 Å². The Bertz CT molecular complexity index is 3940. The normalized spacial score (nSPS) is 11.9. The van der Waals surface area contributed by atoms with Crippen molar-refractivity contribution in [3.05, 3.63) is 206 Å². The zero-order valence-corrected chi connectivity index (χ0v) is 33.3. The molecular weight excluding hydrogens is 757 g/mol. The molecule has 0 bridgehead atoms. The van der Waals surface area contributed by atoms with E-state index >= 15 is 0 Å². The molecule has 0 saturated carbocycles. The molecule has 3 aromatic heterocycles. The molecule has 0 atom stereocenters. The number of fused-ring (bicyclic) bond motifs is 10. The molecule has 13 aromatic rings. The average Bonchev–Trinajstić information content (AvgIpc) is 3.88. The summed E-state index contributed by atoms with van der Waals surface area (Å²) >= 11 is 0. The Morgan fingerprint density at radius 3 is 1.71 bits per heavy atom. The molecule has 0 unspecified atom stereocenters. The van der Waals surface area contributed by atoms with Gasteiger partial charge in [0.25, 0.3) is 0 Å². The van der Waals surface area contributed by atoms with Crippen LogP contribution in [0.15, 0.2) is 211 Å². The Labute approximate surface area is 355 Å². The van der Waals surface area contributed by atoms with Crippen LogP contribution in [0.5, 0.6) is 0 Å². The Balaban J connectivity index is 1.09. The minimum Gasteiger partial charge on any atom is -0.456 e. The molecule has 0 N–H and O–H groups in total. The molecule has 0 radical (unpaired) electrons. The Kier molecular flexibility index (Phi) is 7.54. The average molecular weight is 791 g/mol. The fourth-order valence-corrected chi connectivity index (χ4v) is 9.42. The smallest absolute Gasteiger partial charge is 0.164 e. The van der Waals surface area contributed by atoms with Crippen molar-refractivity contribution in [2.45, 2.75) is 0 Å². The summed E-state index contributed by atoms with van der Waals surface area (Å²) in [6.07, 6.45) is 0. The van der Waals surface area contributed by atoms with Crippen molar-refractivity contribution in [1.29, 1.82) is 0 Å². The van der Waals surface area contributed by atoms with Gasteiger partial charge in [-0.25, -0.2) is 15.0 Å². The highest BCUT2D eigenvalue weighted by atomic mass is 16.3. The maximum atomic E-state index is 6.66. The van der Waals surface area contributed by atoms with Crippen LogP contribution < -0.4 is 0 Å². The highest BCUT2D eigenvalue weighted by Gasteiger charge is 2.21. The second-order valence-electron chi connectivity index (χ2n) is 16.0. The third-order valence-corrected chi connectivity index (χ3v) is 12.4. The Morgan fingerprint density at radius 1 is 0.306 bits per heavy atom. The first-order chi connectivity index (χ1) is 30.7. The van der Waals surface area contributed by atoms with E-state index in [0.29, 0.717) is 17.5 Å². The van der Waals surface area contributed by atoms with Gasteiger partial charge in [-0.1, -0.05) is 158 Å². The van der Waals surface area contributed by atoms with E-state index in [0.717, 1.165) is 82.6 Å². The number of para-hydroxylation sites is 2. The predicted molar refractivity (Wildman–Crippen MR) is 256 cm³/mol. The van der Waals surface area contributed by atoms with E-state index in [1.807, 2.05) is 12.1 Å². The number of nitrogens with zero attached hydrogens (tertiary/aromatic N) is 4. The maximum absolute atomic E-state index is 6.66. The Hall–Kier alpha value is -8.41. The van der Waals surface area contributed by atoms with E-state index in [2.05, 4.69) is 199 Å². The molecule has 10 aromatic carbocycles. The monoisotopic (exact) mass is 790 g/mol. The van der Waals surface area contributed by atoms with Gasteiger partial charge >= 0.3 is 0 Å². The van der Waals surface area contributed by atoms with Crippen LogP contribution >= 0.6 is 0 Å². The molecular formula is C57H34N4O. The number of hydrogen-bond acceptors (Lipinski definition) is 4. The summed E-state index contributed by atoms with van der Waals surface area (Å²) in [6.45, 7) is 0. The highest BCUT2D eigenvalue weighted by Crippen LogP contribution is 2.43. The molecule has 0 amide bonds. The summed E-state index contributed by atoms with van der Waals surface area (Å²) in [4.78, 5) is 15.7. The van der Waals surface area contributed by atoms with Crippen molar-refractivity contribution in [1.82, 2.24) is 19.5 Å². The van der Waals surface area contributed by atoms with Crippen molar-refractivity contribution < 1.29 is 4.42 Å². The molecule has 0 saturated heterocycles. The van der Waals surface area contributed by atoms with E-state index in [4.69, 9.17) is 19.4 Å². The van der Waals surface area contributed by atoms with Gasteiger partial charge in [0.15, 0.2) is 17.5 Å². The lowest BCUT2D eigenvalue weighted by atomic mass is 9.99. The standard InChI is InChI=1S/C57H34N4O/c1-2-13-35(14-3-1)38-19-12-20-41(29-38)55-58-56(42-26-25-36-15-4-5-16-37(36)30-42)60-57(59-55)43-27-28-45-48(32-43)51(34-53-54(45)46-22-9-11-24-52(46)62-53)61-49-23-10-8-21-44(49)47-31-39-17-6-7-18-40(39)33-50(47)61/h1-34H. The van der Waals surface area contributed by atoms with Gasteiger partial charge < -0.3 is 8.98 Å². The summed E-state index contributed by atoms with van der Waals surface area (Å²) < 4.78 is 9.07. The van der Waals surface area contributed by atoms with E-state index in [9.17, 15) is 0 Å². The predicted octanol–water partition coefficient (Wildman–Crippen LogP) is 15.0. The molecule has 0 aliphatic heterocycles. The molecule has 0 spiro atoms. The summed E-state index contributed by atoms with van der Waals surface area (Å²) in [5, 5.41) is 11.4. The third-order valence-electron chi connectivity index (χ3n) is 12.4. The van der Waals surface area contributed by atoms with Gasteiger partial charge in [-0.2, -0.15) is 0 Å².